The first-order valence-electron chi connectivity index (χ1n) is 7.40. The molecule has 7 N–H and O–H groups in total. The molecule has 2 fully saturated rings. The van der Waals surface area contributed by atoms with Crippen LogP contribution in [0.1, 0.15) is 6.92 Å². The standard InChI is InChI=1S/C13H24O10/c1-4-5(2-14)22-13(10(19)7(4)16)23-11-6(3-15)21-12(20)9(18)8(11)17/h4-20H,2-3H2,1H3/t4-,5?,6?,7?,8?,9+,10+,11-,12-,13+/m1/s1. The lowest BCUT2D eigenvalue weighted by Gasteiger charge is -2.45. The third kappa shape index (κ3) is 3.66. The maximum absolute atomic E-state index is 10.0. The molecule has 0 aliphatic carbocycles. The number of hydrogen-bond acceptors (Lipinski definition) is 10. The van der Waals surface area contributed by atoms with Crippen LogP contribution in [0, 0.1) is 5.92 Å². The first-order valence-corrected chi connectivity index (χ1v) is 7.40. The van der Waals surface area contributed by atoms with Crippen LogP contribution in [0.3, 0.4) is 0 Å². The molecule has 0 spiro atoms. The van der Waals surface area contributed by atoms with E-state index in [0.29, 0.717) is 0 Å². The second kappa shape index (κ2) is 7.66. The fourth-order valence-corrected chi connectivity index (χ4v) is 2.78. The molecular weight excluding hydrogens is 316 g/mol. The third-order valence-electron chi connectivity index (χ3n) is 4.37. The zero-order valence-corrected chi connectivity index (χ0v) is 12.5. The molecule has 2 aliphatic heterocycles. The minimum atomic E-state index is -1.70. The Labute approximate surface area is 132 Å². The Morgan fingerprint density at radius 2 is 1.39 bits per heavy atom. The predicted octanol–water partition coefficient (Wildman–Crippen LogP) is -4.12. The van der Waals surface area contributed by atoms with Gasteiger partial charge in [0.2, 0.25) is 0 Å². The zero-order valence-electron chi connectivity index (χ0n) is 12.5. The Kier molecular flexibility index (Phi) is 6.30. The van der Waals surface area contributed by atoms with E-state index in [9.17, 15) is 35.7 Å². The number of hydrogen-bond donors (Lipinski definition) is 7. The van der Waals surface area contributed by atoms with Gasteiger partial charge in [0.05, 0.1) is 25.4 Å². The van der Waals surface area contributed by atoms with Crippen LogP contribution >= 0.6 is 0 Å². The molecule has 2 heterocycles. The van der Waals surface area contributed by atoms with E-state index in [-0.39, 0.29) is 0 Å². The summed E-state index contributed by atoms with van der Waals surface area (Å²) in [6.45, 7) is 0.538. The summed E-state index contributed by atoms with van der Waals surface area (Å²) < 4.78 is 15.7. The Morgan fingerprint density at radius 3 is 1.96 bits per heavy atom. The highest BCUT2D eigenvalue weighted by Crippen LogP contribution is 2.30. The van der Waals surface area contributed by atoms with E-state index in [0.717, 1.165) is 0 Å². The van der Waals surface area contributed by atoms with E-state index in [1.807, 2.05) is 0 Å². The summed E-state index contributed by atoms with van der Waals surface area (Å²) >= 11 is 0. The Bertz CT molecular complexity index is 378. The number of ether oxygens (including phenoxy) is 3. The van der Waals surface area contributed by atoms with Gasteiger partial charge in [0.15, 0.2) is 12.6 Å². The molecule has 10 atom stereocenters. The lowest BCUT2D eigenvalue weighted by atomic mass is 9.91. The van der Waals surface area contributed by atoms with Gasteiger partial charge in [-0.2, -0.15) is 0 Å². The highest BCUT2D eigenvalue weighted by molar-refractivity contribution is 4.92. The SMILES string of the molecule is C[C@@H]1C(CO)O[C@@H](O[C@@H]2C(CO)O[C@@H](O)[C@@H](O)C2O)[C@@H](O)C1O. The van der Waals surface area contributed by atoms with Crippen LogP contribution in [0.25, 0.3) is 0 Å². The van der Waals surface area contributed by atoms with Gasteiger partial charge >= 0.3 is 0 Å². The summed E-state index contributed by atoms with van der Waals surface area (Å²) in [5.74, 6) is -0.552. The van der Waals surface area contributed by atoms with Crippen LogP contribution in [0.2, 0.25) is 0 Å². The molecule has 136 valence electrons. The molecule has 2 aliphatic rings. The summed E-state index contributed by atoms with van der Waals surface area (Å²) in [4.78, 5) is 0. The van der Waals surface area contributed by atoms with Gasteiger partial charge in [0.1, 0.15) is 30.5 Å². The molecule has 0 saturated carbocycles. The maximum atomic E-state index is 10.0. The minimum absolute atomic E-state index is 0.417. The summed E-state index contributed by atoms with van der Waals surface area (Å²) in [5, 5.41) is 67.6. The Balaban J connectivity index is 2.11. The Morgan fingerprint density at radius 1 is 0.783 bits per heavy atom. The second-order valence-electron chi connectivity index (χ2n) is 5.90. The molecule has 2 rings (SSSR count). The van der Waals surface area contributed by atoms with Crippen molar-refractivity contribution in [2.75, 3.05) is 13.2 Å². The quantitative estimate of drug-likeness (QED) is 0.267. The van der Waals surface area contributed by atoms with Crippen LogP contribution in [-0.4, -0.2) is 104 Å². The largest absolute Gasteiger partial charge is 0.394 e. The fourth-order valence-electron chi connectivity index (χ4n) is 2.78. The predicted molar refractivity (Wildman–Crippen MR) is 71.8 cm³/mol. The van der Waals surface area contributed by atoms with E-state index in [2.05, 4.69) is 0 Å². The third-order valence-corrected chi connectivity index (χ3v) is 4.37. The van der Waals surface area contributed by atoms with Gasteiger partial charge in [-0.15, -0.1) is 0 Å². The van der Waals surface area contributed by atoms with Gasteiger partial charge < -0.3 is 50.0 Å². The van der Waals surface area contributed by atoms with Crippen molar-refractivity contribution in [3.63, 3.8) is 0 Å². The lowest BCUT2D eigenvalue weighted by Crippen LogP contribution is -2.63. The van der Waals surface area contributed by atoms with Crippen molar-refractivity contribution in [1.82, 2.24) is 0 Å². The van der Waals surface area contributed by atoms with Crippen molar-refractivity contribution in [2.24, 2.45) is 5.92 Å². The second-order valence-corrected chi connectivity index (χ2v) is 5.90. The topological polar surface area (TPSA) is 169 Å². The molecule has 10 nitrogen and oxygen atoms in total. The van der Waals surface area contributed by atoms with Gasteiger partial charge in [0, 0.05) is 5.92 Å². The van der Waals surface area contributed by atoms with Crippen molar-refractivity contribution in [3.8, 4) is 0 Å². The normalized spacial score (nSPS) is 51.7. The number of aliphatic hydroxyl groups is 7. The molecule has 0 bridgehead atoms. The van der Waals surface area contributed by atoms with Crippen LogP contribution in [0.4, 0.5) is 0 Å². The molecule has 2 saturated heterocycles. The summed E-state index contributed by atoms with van der Waals surface area (Å²) in [7, 11) is 0. The summed E-state index contributed by atoms with van der Waals surface area (Å²) in [5.41, 5.74) is 0. The molecule has 0 aromatic carbocycles. The maximum Gasteiger partial charge on any atom is 0.187 e. The van der Waals surface area contributed by atoms with E-state index in [1.54, 1.807) is 6.92 Å². The first-order chi connectivity index (χ1) is 10.8. The highest BCUT2D eigenvalue weighted by atomic mass is 16.7. The molecule has 0 amide bonds. The minimum Gasteiger partial charge on any atom is -0.394 e. The average Bonchev–Trinajstić information content (AvgIpc) is 2.55. The first kappa shape index (κ1) is 18.9. The van der Waals surface area contributed by atoms with Crippen molar-refractivity contribution >= 4 is 0 Å². The highest BCUT2D eigenvalue weighted by Gasteiger charge is 2.49. The average molecular weight is 340 g/mol. The van der Waals surface area contributed by atoms with Crippen LogP contribution in [0.15, 0.2) is 0 Å². The van der Waals surface area contributed by atoms with Crippen LogP contribution < -0.4 is 0 Å². The lowest BCUT2D eigenvalue weighted by molar-refractivity contribution is -0.350. The molecule has 10 heteroatoms. The summed E-state index contributed by atoms with van der Waals surface area (Å²) in [6, 6.07) is 0. The molecular formula is C13H24O10. The van der Waals surface area contributed by atoms with E-state index in [4.69, 9.17) is 14.2 Å². The zero-order chi connectivity index (χ0) is 17.3. The van der Waals surface area contributed by atoms with E-state index in [1.165, 1.54) is 0 Å². The van der Waals surface area contributed by atoms with Gasteiger partial charge in [-0.3, -0.25) is 0 Å². The smallest absolute Gasteiger partial charge is 0.187 e. The van der Waals surface area contributed by atoms with E-state index < -0.39 is 74.4 Å². The van der Waals surface area contributed by atoms with Gasteiger partial charge in [-0.05, 0) is 0 Å². The molecule has 23 heavy (non-hydrogen) atoms. The number of aliphatic hydroxyl groups excluding tert-OH is 7. The fraction of sp³-hybridized carbons (Fsp3) is 1.00. The molecule has 0 aromatic rings. The molecule has 0 radical (unpaired) electrons. The molecule has 0 aromatic heterocycles. The van der Waals surface area contributed by atoms with Gasteiger partial charge in [-0.25, -0.2) is 0 Å². The van der Waals surface area contributed by atoms with Crippen molar-refractivity contribution < 1.29 is 50.0 Å². The summed E-state index contributed by atoms with van der Waals surface area (Å²) in [6.07, 6.45) is -12.4. The van der Waals surface area contributed by atoms with E-state index >= 15 is 0 Å². The Hall–Kier alpha value is -0.400. The van der Waals surface area contributed by atoms with Gasteiger partial charge in [0.25, 0.3) is 0 Å². The van der Waals surface area contributed by atoms with Crippen molar-refractivity contribution in [3.05, 3.63) is 0 Å². The van der Waals surface area contributed by atoms with Crippen molar-refractivity contribution in [2.45, 2.75) is 62.2 Å². The van der Waals surface area contributed by atoms with Crippen molar-refractivity contribution in [1.29, 1.82) is 0 Å². The monoisotopic (exact) mass is 340 g/mol. The number of rotatable bonds is 4. The van der Waals surface area contributed by atoms with Crippen LogP contribution in [0.5, 0.6) is 0 Å². The van der Waals surface area contributed by atoms with Gasteiger partial charge in [-0.1, -0.05) is 6.92 Å². The molecule has 4 unspecified atom stereocenters. The van der Waals surface area contributed by atoms with Crippen LogP contribution in [-0.2, 0) is 14.2 Å².